The normalized spacial score (nSPS) is 11.2. The molecule has 0 unspecified atom stereocenters. The van der Waals surface area contributed by atoms with E-state index < -0.39 is 14.9 Å². The third-order valence-corrected chi connectivity index (χ3v) is 6.01. The topological polar surface area (TPSA) is 80.5 Å². The SMILES string of the molecule is C=CCN(c1cccc(C)c1C)S(=O)(=O)c1cc([N+](=O)[O-])ccc1C. The molecule has 132 valence electrons. The van der Waals surface area contributed by atoms with Gasteiger partial charge in [-0.2, -0.15) is 0 Å². The predicted octanol–water partition coefficient (Wildman–Crippen LogP) is 3.90. The summed E-state index contributed by atoms with van der Waals surface area (Å²) in [6.07, 6.45) is 1.49. The molecule has 0 amide bonds. The van der Waals surface area contributed by atoms with E-state index in [1.54, 1.807) is 19.1 Å². The average Bonchev–Trinajstić information content (AvgIpc) is 2.55. The molecule has 0 radical (unpaired) electrons. The highest BCUT2D eigenvalue weighted by atomic mass is 32.2. The van der Waals surface area contributed by atoms with E-state index in [9.17, 15) is 18.5 Å². The molecule has 0 heterocycles. The van der Waals surface area contributed by atoms with E-state index in [0.717, 1.165) is 17.2 Å². The van der Waals surface area contributed by atoms with Gasteiger partial charge < -0.3 is 0 Å². The van der Waals surface area contributed by atoms with Gasteiger partial charge in [-0.15, -0.1) is 6.58 Å². The molecule has 0 fully saturated rings. The average molecular weight is 360 g/mol. The van der Waals surface area contributed by atoms with Crippen molar-refractivity contribution in [2.24, 2.45) is 0 Å². The summed E-state index contributed by atoms with van der Waals surface area (Å²) in [5.41, 5.74) is 2.51. The maximum absolute atomic E-state index is 13.2. The van der Waals surface area contributed by atoms with Crippen LogP contribution in [0.15, 0.2) is 53.9 Å². The van der Waals surface area contributed by atoms with Crippen molar-refractivity contribution in [3.8, 4) is 0 Å². The van der Waals surface area contributed by atoms with Crippen LogP contribution < -0.4 is 4.31 Å². The molecule has 0 spiro atoms. The number of hydrogen-bond donors (Lipinski definition) is 0. The van der Waals surface area contributed by atoms with Gasteiger partial charge in [0.1, 0.15) is 0 Å². The second-order valence-electron chi connectivity index (χ2n) is 5.75. The van der Waals surface area contributed by atoms with E-state index in [2.05, 4.69) is 6.58 Å². The minimum atomic E-state index is -3.98. The van der Waals surface area contributed by atoms with Crippen LogP contribution in [0.4, 0.5) is 11.4 Å². The van der Waals surface area contributed by atoms with Crippen molar-refractivity contribution in [1.29, 1.82) is 0 Å². The zero-order valence-corrected chi connectivity index (χ0v) is 15.2. The molecule has 2 rings (SSSR count). The lowest BCUT2D eigenvalue weighted by Crippen LogP contribution is -2.32. The Morgan fingerprint density at radius 1 is 1.16 bits per heavy atom. The zero-order chi connectivity index (χ0) is 18.8. The van der Waals surface area contributed by atoms with Crippen LogP contribution in [-0.2, 0) is 10.0 Å². The summed E-state index contributed by atoms with van der Waals surface area (Å²) in [7, 11) is -3.98. The summed E-state index contributed by atoms with van der Waals surface area (Å²) in [6, 6.07) is 9.24. The number of nitro benzene ring substituents is 1. The summed E-state index contributed by atoms with van der Waals surface area (Å²) in [4.78, 5) is 10.4. The minimum Gasteiger partial charge on any atom is -0.262 e. The van der Waals surface area contributed by atoms with Crippen LogP contribution in [0.25, 0.3) is 0 Å². The molecular formula is C18H20N2O4S. The number of non-ortho nitro benzene ring substituents is 1. The van der Waals surface area contributed by atoms with Gasteiger partial charge in [-0.1, -0.05) is 24.3 Å². The van der Waals surface area contributed by atoms with Crippen LogP contribution in [0.3, 0.4) is 0 Å². The van der Waals surface area contributed by atoms with E-state index in [4.69, 9.17) is 0 Å². The Bertz CT molecular complexity index is 936. The Morgan fingerprint density at radius 3 is 2.44 bits per heavy atom. The number of nitro groups is 1. The number of aryl methyl sites for hydroxylation is 2. The van der Waals surface area contributed by atoms with Gasteiger partial charge in [-0.05, 0) is 43.5 Å². The molecule has 0 saturated heterocycles. The van der Waals surface area contributed by atoms with E-state index in [0.29, 0.717) is 11.3 Å². The molecule has 7 heteroatoms. The first-order valence-corrected chi connectivity index (χ1v) is 9.09. The second-order valence-corrected chi connectivity index (χ2v) is 7.58. The van der Waals surface area contributed by atoms with Crippen molar-refractivity contribution in [2.45, 2.75) is 25.7 Å². The highest BCUT2D eigenvalue weighted by molar-refractivity contribution is 7.92. The lowest BCUT2D eigenvalue weighted by atomic mass is 10.1. The smallest absolute Gasteiger partial charge is 0.262 e. The third-order valence-electron chi connectivity index (χ3n) is 4.09. The monoisotopic (exact) mass is 360 g/mol. The predicted molar refractivity (Wildman–Crippen MR) is 98.5 cm³/mol. The maximum atomic E-state index is 13.2. The summed E-state index contributed by atoms with van der Waals surface area (Å²) >= 11 is 0. The minimum absolute atomic E-state index is 0.0642. The highest BCUT2D eigenvalue weighted by Gasteiger charge is 2.28. The molecule has 0 aliphatic carbocycles. The number of rotatable bonds is 6. The fourth-order valence-corrected chi connectivity index (χ4v) is 4.29. The van der Waals surface area contributed by atoms with Gasteiger partial charge in [0.25, 0.3) is 15.7 Å². The van der Waals surface area contributed by atoms with Crippen molar-refractivity contribution in [3.05, 3.63) is 75.9 Å². The van der Waals surface area contributed by atoms with Gasteiger partial charge >= 0.3 is 0 Å². The first-order chi connectivity index (χ1) is 11.7. The fraction of sp³-hybridized carbons (Fsp3) is 0.222. The molecule has 0 aromatic heterocycles. The van der Waals surface area contributed by atoms with Gasteiger partial charge in [0.05, 0.1) is 22.1 Å². The van der Waals surface area contributed by atoms with E-state index in [-0.39, 0.29) is 17.1 Å². The van der Waals surface area contributed by atoms with Gasteiger partial charge in [0.15, 0.2) is 0 Å². The molecule has 0 bridgehead atoms. The van der Waals surface area contributed by atoms with Crippen LogP contribution in [0.1, 0.15) is 16.7 Å². The summed E-state index contributed by atoms with van der Waals surface area (Å²) in [6.45, 7) is 9.06. The van der Waals surface area contributed by atoms with E-state index >= 15 is 0 Å². The van der Waals surface area contributed by atoms with Crippen molar-refractivity contribution in [3.63, 3.8) is 0 Å². The van der Waals surface area contributed by atoms with Crippen molar-refractivity contribution in [1.82, 2.24) is 0 Å². The fourth-order valence-electron chi connectivity index (χ4n) is 2.55. The lowest BCUT2D eigenvalue weighted by molar-refractivity contribution is -0.385. The summed E-state index contributed by atoms with van der Waals surface area (Å²) in [5.74, 6) is 0. The molecule has 0 aliphatic rings. The van der Waals surface area contributed by atoms with Crippen molar-refractivity contribution in [2.75, 3.05) is 10.8 Å². The van der Waals surface area contributed by atoms with Crippen molar-refractivity contribution < 1.29 is 13.3 Å². The molecule has 25 heavy (non-hydrogen) atoms. The van der Waals surface area contributed by atoms with E-state index in [1.807, 2.05) is 19.9 Å². The molecular weight excluding hydrogens is 340 g/mol. The van der Waals surface area contributed by atoms with E-state index in [1.165, 1.54) is 22.5 Å². The Hall–Kier alpha value is -2.67. The molecule has 2 aromatic rings. The van der Waals surface area contributed by atoms with Gasteiger partial charge in [0.2, 0.25) is 0 Å². The number of sulfonamides is 1. The van der Waals surface area contributed by atoms with Crippen LogP contribution >= 0.6 is 0 Å². The zero-order valence-electron chi connectivity index (χ0n) is 14.4. The van der Waals surface area contributed by atoms with Crippen LogP contribution in [0.2, 0.25) is 0 Å². The maximum Gasteiger partial charge on any atom is 0.270 e. The van der Waals surface area contributed by atoms with Gasteiger partial charge in [-0.25, -0.2) is 8.42 Å². The first-order valence-electron chi connectivity index (χ1n) is 7.65. The highest BCUT2D eigenvalue weighted by Crippen LogP contribution is 2.31. The van der Waals surface area contributed by atoms with Gasteiger partial charge in [0, 0.05) is 12.1 Å². The standard InChI is InChI=1S/C18H20N2O4S/c1-5-11-19(17-8-6-7-13(2)15(17)4)25(23,24)18-12-16(20(21)22)10-9-14(18)3/h5-10,12H,1,11H2,2-4H3. The second kappa shape index (κ2) is 7.06. The Morgan fingerprint density at radius 2 is 1.84 bits per heavy atom. The van der Waals surface area contributed by atoms with Gasteiger partial charge in [-0.3, -0.25) is 14.4 Å². The van der Waals surface area contributed by atoms with Crippen LogP contribution in [-0.4, -0.2) is 19.9 Å². The quantitative estimate of drug-likeness (QED) is 0.444. The lowest BCUT2D eigenvalue weighted by Gasteiger charge is -2.26. The number of nitrogens with zero attached hydrogens (tertiary/aromatic N) is 2. The number of anilines is 1. The number of benzene rings is 2. The largest absolute Gasteiger partial charge is 0.270 e. The Labute approximate surface area is 147 Å². The molecule has 0 atom stereocenters. The van der Waals surface area contributed by atoms with Crippen LogP contribution in [0.5, 0.6) is 0 Å². The summed E-state index contributed by atoms with van der Waals surface area (Å²) < 4.78 is 27.7. The Balaban J connectivity index is 2.69. The molecule has 0 saturated carbocycles. The molecule has 0 N–H and O–H groups in total. The van der Waals surface area contributed by atoms with Crippen LogP contribution in [0, 0.1) is 30.9 Å². The Kier molecular flexibility index (Phi) is 5.27. The molecule has 2 aromatic carbocycles. The third kappa shape index (κ3) is 3.56. The first kappa shape index (κ1) is 18.7. The molecule has 6 nitrogen and oxygen atoms in total. The molecule has 0 aliphatic heterocycles. The van der Waals surface area contributed by atoms with Crippen molar-refractivity contribution >= 4 is 21.4 Å². The summed E-state index contributed by atoms with van der Waals surface area (Å²) in [5, 5.41) is 11.0. The number of hydrogen-bond acceptors (Lipinski definition) is 4.